The van der Waals surface area contributed by atoms with Crippen LogP contribution in [-0.4, -0.2) is 41.6 Å². The molecule has 21 heavy (non-hydrogen) atoms. The number of carboxylic acid groups (broad SMARTS) is 1. The highest BCUT2D eigenvalue weighted by Crippen LogP contribution is 2.34. The van der Waals surface area contributed by atoms with E-state index in [0.29, 0.717) is 19.4 Å². The molecular formula is C16H26N2O3. The highest BCUT2D eigenvalue weighted by Gasteiger charge is 2.39. The minimum Gasteiger partial charge on any atom is -0.481 e. The van der Waals surface area contributed by atoms with Crippen molar-refractivity contribution in [2.45, 2.75) is 51.9 Å². The largest absolute Gasteiger partial charge is 0.481 e. The zero-order valence-electron chi connectivity index (χ0n) is 12.9. The molecule has 0 bridgehead atoms. The van der Waals surface area contributed by atoms with E-state index >= 15 is 0 Å². The van der Waals surface area contributed by atoms with Crippen molar-refractivity contribution in [1.29, 1.82) is 0 Å². The van der Waals surface area contributed by atoms with Crippen LogP contribution in [0.25, 0.3) is 0 Å². The fourth-order valence-electron chi connectivity index (χ4n) is 2.86. The Balaban J connectivity index is 2.65. The van der Waals surface area contributed by atoms with E-state index in [-0.39, 0.29) is 19.1 Å². The van der Waals surface area contributed by atoms with E-state index in [0.717, 1.165) is 32.1 Å². The summed E-state index contributed by atoms with van der Waals surface area (Å²) in [4.78, 5) is 25.4. The monoisotopic (exact) mass is 294 g/mol. The number of carbonyl (C=O) groups is 2. The number of amides is 2. The number of aliphatic carboxylic acids is 1. The van der Waals surface area contributed by atoms with Crippen molar-refractivity contribution in [2.24, 2.45) is 5.41 Å². The third-order valence-corrected chi connectivity index (χ3v) is 4.16. The number of nitrogens with zero attached hydrogens (tertiary/aromatic N) is 1. The molecule has 1 rings (SSSR count). The van der Waals surface area contributed by atoms with Crippen LogP contribution in [-0.2, 0) is 4.79 Å². The molecule has 118 valence electrons. The summed E-state index contributed by atoms with van der Waals surface area (Å²) >= 11 is 0. The van der Waals surface area contributed by atoms with Crippen molar-refractivity contribution in [3.63, 3.8) is 0 Å². The average Bonchev–Trinajstić information content (AvgIpc) is 2.71. The number of carbonyl (C=O) groups excluding carboxylic acids is 1. The van der Waals surface area contributed by atoms with Gasteiger partial charge in [-0.1, -0.05) is 38.5 Å². The number of nitrogens with one attached hydrogen (secondary N) is 1. The van der Waals surface area contributed by atoms with Crippen LogP contribution in [0.1, 0.15) is 51.9 Å². The topological polar surface area (TPSA) is 69.6 Å². The summed E-state index contributed by atoms with van der Waals surface area (Å²) in [5.74, 6) is 1.66. The maximum absolute atomic E-state index is 12.1. The molecule has 1 fully saturated rings. The third-order valence-electron chi connectivity index (χ3n) is 4.16. The quantitative estimate of drug-likeness (QED) is 0.584. The van der Waals surface area contributed by atoms with Gasteiger partial charge in [0.25, 0.3) is 0 Å². The molecule has 5 nitrogen and oxygen atoms in total. The van der Waals surface area contributed by atoms with Crippen LogP contribution >= 0.6 is 0 Å². The van der Waals surface area contributed by atoms with Crippen LogP contribution < -0.4 is 5.32 Å². The van der Waals surface area contributed by atoms with Gasteiger partial charge in [-0.05, 0) is 19.3 Å². The molecule has 0 aromatic heterocycles. The number of terminal acetylenes is 1. The molecule has 0 radical (unpaired) electrons. The molecule has 2 N–H and O–H groups in total. The van der Waals surface area contributed by atoms with Crippen molar-refractivity contribution in [1.82, 2.24) is 10.2 Å². The Morgan fingerprint density at radius 2 is 1.90 bits per heavy atom. The molecule has 0 aromatic carbocycles. The molecule has 0 aliphatic heterocycles. The van der Waals surface area contributed by atoms with E-state index in [1.165, 1.54) is 0 Å². The Bertz CT molecular complexity index is 393. The molecule has 0 aromatic rings. The maximum atomic E-state index is 12.1. The Hall–Kier alpha value is -1.70. The lowest BCUT2D eigenvalue weighted by molar-refractivity contribution is -0.149. The lowest BCUT2D eigenvalue weighted by Crippen LogP contribution is -2.48. The molecule has 1 aliphatic rings. The van der Waals surface area contributed by atoms with Gasteiger partial charge >= 0.3 is 12.0 Å². The molecule has 5 heteroatoms. The second kappa shape index (κ2) is 8.56. The van der Waals surface area contributed by atoms with E-state index in [9.17, 15) is 14.7 Å². The normalized spacial score (nSPS) is 17.3. The summed E-state index contributed by atoms with van der Waals surface area (Å²) < 4.78 is 0. The van der Waals surface area contributed by atoms with Crippen molar-refractivity contribution < 1.29 is 14.7 Å². The summed E-state index contributed by atoms with van der Waals surface area (Å²) in [6.07, 6.45) is 11.3. The predicted molar refractivity (Wildman–Crippen MR) is 81.9 cm³/mol. The van der Waals surface area contributed by atoms with Gasteiger partial charge in [-0.2, -0.15) is 0 Å². The van der Waals surface area contributed by atoms with Crippen LogP contribution in [0.4, 0.5) is 4.79 Å². The SMILES string of the molecule is C#CCN(CCC)C(=O)NCC1(C(=O)O)CCCCCC1. The van der Waals surface area contributed by atoms with Crippen LogP contribution in [0.5, 0.6) is 0 Å². The molecular weight excluding hydrogens is 268 g/mol. The Morgan fingerprint density at radius 1 is 1.29 bits per heavy atom. The molecule has 0 heterocycles. The fraction of sp³-hybridized carbons (Fsp3) is 0.750. The lowest BCUT2D eigenvalue weighted by Gasteiger charge is -2.29. The van der Waals surface area contributed by atoms with Crippen molar-refractivity contribution in [3.05, 3.63) is 0 Å². The Morgan fingerprint density at radius 3 is 2.38 bits per heavy atom. The molecule has 0 spiro atoms. The zero-order chi connectivity index (χ0) is 15.7. The van der Waals surface area contributed by atoms with Crippen LogP contribution in [0.3, 0.4) is 0 Å². The van der Waals surface area contributed by atoms with Gasteiger partial charge in [0.15, 0.2) is 0 Å². The first kappa shape index (κ1) is 17.4. The molecule has 2 amide bonds. The third kappa shape index (κ3) is 4.96. The zero-order valence-corrected chi connectivity index (χ0v) is 12.9. The van der Waals surface area contributed by atoms with E-state index in [4.69, 9.17) is 6.42 Å². The van der Waals surface area contributed by atoms with Gasteiger partial charge in [-0.25, -0.2) is 4.79 Å². The van der Waals surface area contributed by atoms with E-state index in [2.05, 4.69) is 11.2 Å². The maximum Gasteiger partial charge on any atom is 0.318 e. The van der Waals surface area contributed by atoms with Crippen LogP contribution in [0, 0.1) is 17.8 Å². The van der Waals surface area contributed by atoms with Crippen molar-refractivity contribution in [3.8, 4) is 12.3 Å². The molecule has 0 saturated heterocycles. The number of hydrogen-bond donors (Lipinski definition) is 2. The molecule has 1 aliphatic carbocycles. The first-order valence-electron chi connectivity index (χ1n) is 7.75. The van der Waals surface area contributed by atoms with E-state index < -0.39 is 11.4 Å². The van der Waals surface area contributed by atoms with E-state index in [1.54, 1.807) is 4.90 Å². The van der Waals surface area contributed by atoms with Gasteiger partial charge in [0.2, 0.25) is 0 Å². The second-order valence-corrected chi connectivity index (χ2v) is 5.78. The Kier molecular flexibility index (Phi) is 7.07. The summed E-state index contributed by atoms with van der Waals surface area (Å²) in [6.45, 7) is 2.99. The average molecular weight is 294 g/mol. The standard InChI is InChI=1S/C16H26N2O3/c1-3-11-18(12-4-2)15(21)17-13-16(14(19)20)9-7-5-6-8-10-16/h1H,4-13H2,2H3,(H,17,21)(H,19,20). The van der Waals surface area contributed by atoms with Gasteiger partial charge in [0, 0.05) is 13.1 Å². The highest BCUT2D eigenvalue weighted by molar-refractivity contribution is 5.78. The van der Waals surface area contributed by atoms with Crippen LogP contribution in [0.15, 0.2) is 0 Å². The minimum atomic E-state index is -0.819. The van der Waals surface area contributed by atoms with Crippen molar-refractivity contribution >= 4 is 12.0 Å². The number of hydrogen-bond acceptors (Lipinski definition) is 2. The van der Waals surface area contributed by atoms with Gasteiger partial charge in [0.1, 0.15) is 0 Å². The van der Waals surface area contributed by atoms with Gasteiger partial charge in [-0.3, -0.25) is 4.79 Å². The first-order chi connectivity index (χ1) is 10.1. The van der Waals surface area contributed by atoms with Gasteiger partial charge in [-0.15, -0.1) is 6.42 Å². The summed E-state index contributed by atoms with van der Waals surface area (Å²) in [7, 11) is 0. The summed E-state index contributed by atoms with van der Waals surface area (Å²) in [5, 5.41) is 12.4. The number of carboxylic acids is 1. The second-order valence-electron chi connectivity index (χ2n) is 5.78. The first-order valence-corrected chi connectivity index (χ1v) is 7.75. The fourth-order valence-corrected chi connectivity index (χ4v) is 2.86. The number of rotatable bonds is 6. The molecule has 0 atom stereocenters. The van der Waals surface area contributed by atoms with E-state index in [1.807, 2.05) is 6.92 Å². The van der Waals surface area contributed by atoms with Gasteiger partial charge < -0.3 is 15.3 Å². The summed E-state index contributed by atoms with van der Waals surface area (Å²) in [6, 6.07) is -0.264. The smallest absolute Gasteiger partial charge is 0.318 e. The summed E-state index contributed by atoms with van der Waals surface area (Å²) in [5.41, 5.74) is -0.819. The lowest BCUT2D eigenvalue weighted by atomic mass is 9.80. The Labute approximate surface area is 127 Å². The number of urea groups is 1. The molecule has 1 saturated carbocycles. The highest BCUT2D eigenvalue weighted by atomic mass is 16.4. The molecule has 0 unspecified atom stereocenters. The van der Waals surface area contributed by atoms with Crippen LogP contribution in [0.2, 0.25) is 0 Å². The minimum absolute atomic E-state index is 0.186. The van der Waals surface area contributed by atoms with Gasteiger partial charge in [0.05, 0.1) is 12.0 Å². The van der Waals surface area contributed by atoms with Crippen molar-refractivity contribution in [2.75, 3.05) is 19.6 Å². The predicted octanol–water partition coefficient (Wildman–Crippen LogP) is 2.47.